The standard InChI is InChI=1S/C7H4FN3O/c8-6-1-5(2-9-3-6)7-11-10-4-12-7/h1-4H. The Kier molecular flexibility index (Phi) is 1.55. The zero-order chi connectivity index (χ0) is 8.39. The van der Waals surface area contributed by atoms with Crippen molar-refractivity contribution >= 4 is 0 Å². The highest BCUT2D eigenvalue weighted by Gasteiger charge is 2.03. The van der Waals surface area contributed by atoms with Gasteiger partial charge in [0.15, 0.2) is 0 Å². The molecule has 4 nitrogen and oxygen atoms in total. The molecule has 0 amide bonds. The van der Waals surface area contributed by atoms with Crippen LogP contribution in [0.25, 0.3) is 11.5 Å². The minimum atomic E-state index is -0.425. The first-order valence-electron chi connectivity index (χ1n) is 3.23. The molecule has 12 heavy (non-hydrogen) atoms. The van der Waals surface area contributed by atoms with Crippen LogP contribution in [0.15, 0.2) is 29.3 Å². The van der Waals surface area contributed by atoms with E-state index in [4.69, 9.17) is 4.42 Å². The Morgan fingerprint density at radius 1 is 1.33 bits per heavy atom. The first-order valence-corrected chi connectivity index (χ1v) is 3.23. The number of aromatic nitrogens is 3. The largest absolute Gasteiger partial charge is 0.423 e. The van der Waals surface area contributed by atoms with Crippen molar-refractivity contribution in [3.05, 3.63) is 30.7 Å². The van der Waals surface area contributed by atoms with Gasteiger partial charge < -0.3 is 4.42 Å². The van der Waals surface area contributed by atoms with E-state index in [-0.39, 0.29) is 5.89 Å². The summed E-state index contributed by atoms with van der Waals surface area (Å²) in [6, 6.07) is 1.28. The molecule has 2 aromatic rings. The zero-order valence-corrected chi connectivity index (χ0v) is 5.94. The minimum absolute atomic E-state index is 0.266. The van der Waals surface area contributed by atoms with Gasteiger partial charge in [0, 0.05) is 6.20 Å². The molecule has 2 heterocycles. The average Bonchev–Trinajstić information content (AvgIpc) is 2.56. The number of halogens is 1. The van der Waals surface area contributed by atoms with E-state index in [1.807, 2.05) is 0 Å². The highest BCUT2D eigenvalue weighted by molar-refractivity contribution is 5.49. The number of pyridine rings is 1. The molecule has 60 valence electrons. The van der Waals surface area contributed by atoms with Gasteiger partial charge in [-0.3, -0.25) is 4.98 Å². The van der Waals surface area contributed by atoms with Crippen molar-refractivity contribution in [3.8, 4) is 11.5 Å². The smallest absolute Gasteiger partial charge is 0.249 e. The summed E-state index contributed by atoms with van der Waals surface area (Å²) in [5.41, 5.74) is 0.479. The van der Waals surface area contributed by atoms with Gasteiger partial charge in [-0.1, -0.05) is 0 Å². The predicted octanol–water partition coefficient (Wildman–Crippen LogP) is 1.27. The Hall–Kier alpha value is -1.78. The second kappa shape index (κ2) is 2.69. The van der Waals surface area contributed by atoms with Gasteiger partial charge in [0.1, 0.15) is 5.82 Å². The zero-order valence-electron chi connectivity index (χ0n) is 5.94. The fourth-order valence-electron chi connectivity index (χ4n) is 0.828. The normalized spacial score (nSPS) is 10.1. The van der Waals surface area contributed by atoms with E-state index in [0.29, 0.717) is 5.56 Å². The molecule has 0 bridgehead atoms. The number of hydrogen-bond acceptors (Lipinski definition) is 4. The van der Waals surface area contributed by atoms with Crippen LogP contribution in [-0.2, 0) is 0 Å². The van der Waals surface area contributed by atoms with Gasteiger partial charge in [-0.2, -0.15) is 0 Å². The summed E-state index contributed by atoms with van der Waals surface area (Å²) in [5, 5.41) is 7.07. The molecule has 2 rings (SSSR count). The Balaban J connectivity index is 2.48. The molecule has 0 radical (unpaired) electrons. The van der Waals surface area contributed by atoms with Crippen molar-refractivity contribution in [1.29, 1.82) is 0 Å². The topological polar surface area (TPSA) is 51.8 Å². The Labute approximate surface area is 67.1 Å². The molecule has 0 fully saturated rings. The van der Waals surface area contributed by atoms with Crippen LogP contribution in [0, 0.1) is 5.82 Å². The molecule has 0 aliphatic heterocycles. The molecule has 2 aromatic heterocycles. The van der Waals surface area contributed by atoms with Crippen molar-refractivity contribution in [2.75, 3.05) is 0 Å². The summed E-state index contributed by atoms with van der Waals surface area (Å²) in [4.78, 5) is 3.64. The van der Waals surface area contributed by atoms with Crippen LogP contribution in [0.4, 0.5) is 4.39 Å². The monoisotopic (exact) mass is 165 g/mol. The summed E-state index contributed by atoms with van der Waals surface area (Å²) < 4.78 is 17.5. The van der Waals surface area contributed by atoms with Crippen molar-refractivity contribution in [3.63, 3.8) is 0 Å². The maximum absolute atomic E-state index is 12.6. The van der Waals surface area contributed by atoms with E-state index < -0.39 is 5.82 Å². The SMILES string of the molecule is Fc1cncc(-c2nnco2)c1. The third kappa shape index (κ3) is 1.16. The van der Waals surface area contributed by atoms with E-state index in [9.17, 15) is 4.39 Å². The summed E-state index contributed by atoms with van der Waals surface area (Å²) in [6.07, 6.45) is 3.75. The van der Waals surface area contributed by atoms with Crippen molar-refractivity contribution < 1.29 is 8.81 Å². The lowest BCUT2D eigenvalue weighted by Crippen LogP contribution is -1.82. The lowest BCUT2D eigenvalue weighted by atomic mass is 10.3. The molecule has 0 unspecified atom stereocenters. The number of hydrogen-bond donors (Lipinski definition) is 0. The van der Waals surface area contributed by atoms with E-state index in [1.165, 1.54) is 18.7 Å². The molecule has 5 heteroatoms. The van der Waals surface area contributed by atoms with Crippen molar-refractivity contribution in [2.45, 2.75) is 0 Å². The van der Waals surface area contributed by atoms with Crippen LogP contribution in [-0.4, -0.2) is 15.2 Å². The van der Waals surface area contributed by atoms with Crippen molar-refractivity contribution in [2.24, 2.45) is 0 Å². The highest BCUT2D eigenvalue weighted by atomic mass is 19.1. The van der Waals surface area contributed by atoms with Gasteiger partial charge in [0.05, 0.1) is 11.8 Å². The Morgan fingerprint density at radius 3 is 2.92 bits per heavy atom. The Morgan fingerprint density at radius 2 is 2.25 bits per heavy atom. The van der Waals surface area contributed by atoms with Crippen LogP contribution in [0.5, 0.6) is 0 Å². The van der Waals surface area contributed by atoms with E-state index in [2.05, 4.69) is 15.2 Å². The van der Waals surface area contributed by atoms with Gasteiger partial charge in [-0.05, 0) is 6.07 Å². The molecule has 0 aliphatic carbocycles. The summed E-state index contributed by atoms with van der Waals surface area (Å²) in [5.74, 6) is -0.160. The lowest BCUT2D eigenvalue weighted by Gasteiger charge is -1.91. The number of rotatable bonds is 1. The van der Waals surface area contributed by atoms with Crippen LogP contribution in [0.3, 0.4) is 0 Å². The van der Waals surface area contributed by atoms with Crippen LogP contribution >= 0.6 is 0 Å². The maximum Gasteiger partial charge on any atom is 0.249 e. The molecule has 0 saturated carbocycles. The van der Waals surface area contributed by atoms with Gasteiger partial charge in [0.2, 0.25) is 12.3 Å². The highest BCUT2D eigenvalue weighted by Crippen LogP contribution is 2.14. The Bertz CT molecular complexity index is 374. The molecule has 0 atom stereocenters. The van der Waals surface area contributed by atoms with Gasteiger partial charge in [0.25, 0.3) is 0 Å². The molecule has 0 aliphatic rings. The molecule has 0 spiro atoms. The van der Waals surface area contributed by atoms with E-state index >= 15 is 0 Å². The summed E-state index contributed by atoms with van der Waals surface area (Å²) in [6.45, 7) is 0. The van der Waals surface area contributed by atoms with Gasteiger partial charge in [-0.15, -0.1) is 10.2 Å². The van der Waals surface area contributed by atoms with E-state index in [0.717, 1.165) is 6.20 Å². The molecular formula is C7H4FN3O. The first kappa shape index (κ1) is 6.90. The third-order valence-electron chi connectivity index (χ3n) is 1.31. The fraction of sp³-hybridized carbons (Fsp3) is 0. The lowest BCUT2D eigenvalue weighted by molar-refractivity contribution is 0.566. The second-order valence-corrected chi connectivity index (χ2v) is 2.14. The van der Waals surface area contributed by atoms with E-state index in [1.54, 1.807) is 0 Å². The molecule has 0 saturated heterocycles. The fourth-order valence-corrected chi connectivity index (χ4v) is 0.828. The first-order chi connectivity index (χ1) is 5.86. The summed E-state index contributed by atoms with van der Waals surface area (Å²) >= 11 is 0. The predicted molar refractivity (Wildman–Crippen MR) is 37.5 cm³/mol. The average molecular weight is 165 g/mol. The van der Waals surface area contributed by atoms with Crippen molar-refractivity contribution in [1.82, 2.24) is 15.2 Å². The minimum Gasteiger partial charge on any atom is -0.423 e. The number of nitrogens with zero attached hydrogens (tertiary/aromatic N) is 3. The van der Waals surface area contributed by atoms with Gasteiger partial charge in [-0.25, -0.2) is 4.39 Å². The summed E-state index contributed by atoms with van der Waals surface area (Å²) in [7, 11) is 0. The molecule has 0 N–H and O–H groups in total. The van der Waals surface area contributed by atoms with Crippen LogP contribution < -0.4 is 0 Å². The molecular weight excluding hydrogens is 161 g/mol. The van der Waals surface area contributed by atoms with Gasteiger partial charge >= 0.3 is 0 Å². The maximum atomic E-state index is 12.6. The second-order valence-electron chi connectivity index (χ2n) is 2.14. The quantitative estimate of drug-likeness (QED) is 0.638. The third-order valence-corrected chi connectivity index (χ3v) is 1.31. The van der Waals surface area contributed by atoms with Crippen LogP contribution in [0.2, 0.25) is 0 Å². The molecule has 0 aromatic carbocycles. The van der Waals surface area contributed by atoms with Crippen LogP contribution in [0.1, 0.15) is 0 Å².